The van der Waals surface area contributed by atoms with Gasteiger partial charge in [0.2, 0.25) is 0 Å². The molecule has 6 aliphatic rings. The molecule has 0 radical (unpaired) electrons. The average Bonchev–Trinajstić information content (AvgIpc) is 1.71. The van der Waals surface area contributed by atoms with E-state index in [-0.39, 0.29) is 138 Å². The monoisotopic (exact) mass is 2210 g/mol. The summed E-state index contributed by atoms with van der Waals surface area (Å²) >= 11 is 0. The van der Waals surface area contributed by atoms with Crippen molar-refractivity contribution >= 4 is 49.4 Å². The summed E-state index contributed by atoms with van der Waals surface area (Å²) in [5, 5.41) is 0. The molecule has 6 saturated carbocycles. The van der Waals surface area contributed by atoms with Gasteiger partial charge >= 0.3 is 93.3 Å². The molecule has 6 rings (SSSR count). The molecule has 6 aliphatic carbocycles. The maximum absolute atomic E-state index is 7.54. The van der Waals surface area contributed by atoms with Crippen molar-refractivity contribution in [3.05, 3.63) is 75.7 Å². The molecule has 0 aliphatic heterocycles. The third-order valence-electron chi connectivity index (χ3n) is 27.2. The Hall–Kier alpha value is 4.22. The third kappa shape index (κ3) is 46.7. The van der Waals surface area contributed by atoms with Crippen molar-refractivity contribution in [3.8, 4) is 0 Å². The van der Waals surface area contributed by atoms with E-state index in [0.29, 0.717) is 37.4 Å². The second-order valence-corrected chi connectivity index (χ2v) is 68.5. The molecule has 21 unspecified atom stereocenters. The molecule has 0 bridgehead atoms. The molecule has 612 valence electrons. The number of hydrogen-bond donors (Lipinski definition) is 0. The molecule has 0 aromatic carbocycles. The van der Waals surface area contributed by atoms with Crippen LogP contribution >= 0.6 is 0 Å². The normalized spacial score (nSPS) is 37.1. The van der Waals surface area contributed by atoms with Crippen LogP contribution < -0.4 is 0 Å². The van der Waals surface area contributed by atoms with Crippen LogP contribution in [0.1, 0.15) is 206 Å². The van der Waals surface area contributed by atoms with E-state index in [2.05, 4.69) is 305 Å². The topological polar surface area (TPSA) is 114 Å². The molecule has 0 heterocycles. The summed E-state index contributed by atoms with van der Waals surface area (Å²) in [6.45, 7) is 107. The van der Waals surface area contributed by atoms with E-state index in [0.717, 1.165) is 160 Å². The quantitative estimate of drug-likeness (QED) is 0.137. The zero-order valence-corrected chi connectivity index (χ0v) is 98.4. The Morgan fingerprint density at radius 1 is 0.176 bits per heavy atom. The minimum Gasteiger partial charge on any atom is -0.677 e. The fraction of sp³-hybridized carbons (Fsp3) is 0.931. The van der Waals surface area contributed by atoms with E-state index < -0.39 is 49.4 Å². The predicted octanol–water partition coefficient (Wildman–Crippen LogP) is 32.1. The zero-order chi connectivity index (χ0) is 74.7. The molecule has 0 aromatic heterocycles. The van der Waals surface area contributed by atoms with Crippen LogP contribution in [0.3, 0.4) is 0 Å². The summed E-state index contributed by atoms with van der Waals surface area (Å²) < 4.78 is 14.5. The van der Waals surface area contributed by atoms with E-state index in [1.165, 1.54) is 19.3 Å². The maximum Gasteiger partial charge on any atom is 4.00 e. The minimum atomic E-state index is -1.11. The summed E-state index contributed by atoms with van der Waals surface area (Å²) in [6, 6.07) is 0. The molecule has 0 aromatic rings. The van der Waals surface area contributed by atoms with Crippen LogP contribution in [0.25, 0.3) is 31.1 Å². The molecule has 0 amide bonds. The van der Waals surface area contributed by atoms with Crippen molar-refractivity contribution in [1.82, 2.24) is 0 Å². The largest absolute Gasteiger partial charge is 4.00 e. The Balaban J connectivity index is -0.0000000885. The van der Waals surface area contributed by atoms with Gasteiger partial charge in [0.25, 0.3) is 0 Å². The van der Waals surface area contributed by atoms with Crippen LogP contribution in [0.5, 0.6) is 0 Å². The first-order valence-corrected chi connectivity index (χ1v) is 60.5. The van der Waals surface area contributed by atoms with Crippen molar-refractivity contribution in [2.24, 2.45) is 178 Å². The van der Waals surface area contributed by atoms with Gasteiger partial charge in [0.05, 0.1) is 0 Å². The number of rotatable bonds is 12. The van der Waals surface area contributed by atoms with Gasteiger partial charge in [0.15, 0.2) is 0 Å². The predicted molar refractivity (Wildman–Crippen MR) is 488 cm³/mol. The van der Waals surface area contributed by atoms with E-state index in [9.17, 15) is 0 Å². The molecular formula is C87H198N6Si6U3. The summed E-state index contributed by atoms with van der Waals surface area (Å²) in [4.78, 5) is 0. The zero-order valence-electron chi connectivity index (χ0n) is 79.9. The van der Waals surface area contributed by atoms with Gasteiger partial charge < -0.3 is 75.7 Å². The molecular weight excluding hydrogens is 2010 g/mol. The van der Waals surface area contributed by atoms with Crippen LogP contribution in [0, 0.1) is 315 Å². The van der Waals surface area contributed by atoms with Gasteiger partial charge in [-0.05, 0) is 160 Å². The van der Waals surface area contributed by atoms with Crippen molar-refractivity contribution in [1.29, 1.82) is 0 Å². The number of nitrogens with zero attached hydrogens (tertiary/aromatic N) is 3. The Bertz CT molecular complexity index is 1600. The van der Waals surface area contributed by atoms with E-state index in [4.69, 9.17) is 31.1 Å². The van der Waals surface area contributed by atoms with Gasteiger partial charge in [-0.15, -0.1) is 19.6 Å². The van der Waals surface area contributed by atoms with Crippen LogP contribution in [0.15, 0.2) is 0 Å². The molecule has 0 saturated heterocycles. The van der Waals surface area contributed by atoms with E-state index in [1.54, 1.807) is 0 Å². The van der Waals surface area contributed by atoms with Gasteiger partial charge in [0, 0.05) is 0 Å². The van der Waals surface area contributed by atoms with Crippen molar-refractivity contribution in [2.45, 2.75) is 324 Å². The molecule has 6 nitrogen and oxygen atoms in total. The SMILES string of the molecule is CC1C(C)C(C)C(C)C1C.CC1C(C)C(C)C(C[NH-])C1C.CC1C(C)C(C)C(C[NH-])C1C.CCC1C(C)C(C)C(C)C1C.CCC1C(C)C(C)C(C)C1C.CCC1C(C)C(C)C(C)C1C[NH-].C[Si](C)(C)[N-][Si](C)(C)C.C[Si](C)(C)[N-][Si](C)(C)C.C[Si](C)(C)[N-][Si](C)(C)C.[CH3-].[CH3-].[CH3-].[CH3-].[CH3-].[CH3-].[U+4].[U+4].[U+4]. The molecule has 0 spiro atoms. The van der Waals surface area contributed by atoms with Gasteiger partial charge in [-0.1, -0.05) is 391 Å². The third-order valence-corrected chi connectivity index (χ3v) is 43.3. The first-order valence-electron chi connectivity index (χ1n) is 39.8. The van der Waals surface area contributed by atoms with Crippen LogP contribution in [-0.4, -0.2) is 69.0 Å². The van der Waals surface area contributed by atoms with Crippen LogP contribution in [0.4, 0.5) is 0 Å². The van der Waals surface area contributed by atoms with Gasteiger partial charge in [-0.2, -0.15) is 0 Å². The standard InChI is InChI=1S/C11H22N.2C11H22.2C10H20N.C10H20.3C6H18NSi2.6CH3.3U/c1-5-10-8(3)7(2)9(4)11(10)6-12;2*1-6-11-9(4)7(2)8(3)10(11)5;2*1-6-7(2)9(4)10(5-11)8(6)3;1-6-7(2)9(4)10(5)8(6)3;3*1-8(2,3)7-9(4,5)6;;;;;;;;;/h7-12H,5-6H2,1-4H3;2*7-11H,6H2,1-5H3;2*6-11H,5H2,1-4H3;6-10H,1-5H3;3*1-6H3;6*1H3;;;/q-1;;;2*-1;;9*-1;3*+4. The molecule has 3 N–H and O–H groups in total. The number of hydrogen-bond acceptors (Lipinski definition) is 0. The summed E-state index contributed by atoms with van der Waals surface area (Å²) in [5.74, 6) is 25.7. The van der Waals surface area contributed by atoms with Gasteiger partial charge in [-0.3, -0.25) is 0 Å². The average molecular weight is 2210 g/mol. The van der Waals surface area contributed by atoms with E-state index >= 15 is 0 Å². The molecule has 15 heteroatoms. The van der Waals surface area contributed by atoms with E-state index in [1.807, 2.05) is 0 Å². The van der Waals surface area contributed by atoms with Crippen LogP contribution in [0.2, 0.25) is 118 Å². The van der Waals surface area contributed by atoms with Crippen LogP contribution in [-0.2, 0) is 0 Å². The number of nitrogens with one attached hydrogen (secondary N) is 3. The second kappa shape index (κ2) is 59.0. The van der Waals surface area contributed by atoms with Crippen molar-refractivity contribution < 1.29 is 93.3 Å². The van der Waals surface area contributed by atoms with Crippen molar-refractivity contribution in [3.63, 3.8) is 0 Å². The molecule has 102 heavy (non-hydrogen) atoms. The second-order valence-electron chi connectivity index (χ2n) is 39.8. The summed E-state index contributed by atoms with van der Waals surface area (Å²) in [6.07, 6.45) is 4.01. The van der Waals surface area contributed by atoms with Crippen molar-refractivity contribution in [2.75, 3.05) is 19.6 Å². The fourth-order valence-electron chi connectivity index (χ4n) is 19.6. The van der Waals surface area contributed by atoms with Gasteiger partial charge in [-0.25, -0.2) is 0 Å². The Morgan fingerprint density at radius 2 is 0.275 bits per heavy atom. The summed E-state index contributed by atoms with van der Waals surface area (Å²) in [5.41, 5.74) is 22.4. The molecule has 6 fully saturated rings. The summed E-state index contributed by atoms with van der Waals surface area (Å²) in [7, 11) is -6.64. The minimum absolute atomic E-state index is 0. The Labute approximate surface area is 731 Å². The Morgan fingerprint density at radius 3 is 0.353 bits per heavy atom. The molecule has 21 atom stereocenters. The smallest absolute Gasteiger partial charge is 0.677 e. The maximum atomic E-state index is 7.54. The first-order chi connectivity index (χ1) is 41.7. The van der Waals surface area contributed by atoms with Gasteiger partial charge in [0.1, 0.15) is 0 Å². The first kappa shape index (κ1) is 132. The Kier molecular flexibility index (Phi) is 76.6. The fourth-order valence-corrected chi connectivity index (χ4v) is 43.7.